The van der Waals surface area contributed by atoms with Gasteiger partial charge in [0.05, 0.1) is 11.5 Å². The van der Waals surface area contributed by atoms with Crippen molar-refractivity contribution in [2.45, 2.75) is 45.1 Å². The number of nitrogens with one attached hydrogen (secondary N) is 1. The summed E-state index contributed by atoms with van der Waals surface area (Å²) in [6, 6.07) is 10.8. The molecule has 3 nitrogen and oxygen atoms in total. The molecule has 0 saturated carbocycles. The molecule has 0 radical (unpaired) electrons. The third-order valence-electron chi connectivity index (χ3n) is 4.82. The van der Waals surface area contributed by atoms with E-state index in [0.717, 1.165) is 19.4 Å². The van der Waals surface area contributed by atoms with Gasteiger partial charge in [0.2, 0.25) is 0 Å². The quantitative estimate of drug-likeness (QED) is 0.879. The molecule has 1 N–H and O–H groups in total. The molecule has 0 bridgehead atoms. The van der Waals surface area contributed by atoms with Gasteiger partial charge in [0.1, 0.15) is 0 Å². The molecule has 1 aliphatic rings. The van der Waals surface area contributed by atoms with Crippen molar-refractivity contribution < 1.29 is 8.42 Å². The molecular weight excluding hydrogens is 282 g/mol. The van der Waals surface area contributed by atoms with Gasteiger partial charge in [-0.25, -0.2) is 8.42 Å². The van der Waals surface area contributed by atoms with Gasteiger partial charge in [0.25, 0.3) is 0 Å². The molecule has 0 aliphatic carbocycles. The van der Waals surface area contributed by atoms with Crippen LogP contribution in [0, 0.1) is 5.92 Å². The van der Waals surface area contributed by atoms with E-state index in [1.54, 1.807) is 0 Å². The van der Waals surface area contributed by atoms with Gasteiger partial charge in [-0.15, -0.1) is 0 Å². The largest absolute Gasteiger partial charge is 0.314 e. The smallest absolute Gasteiger partial charge is 0.150 e. The van der Waals surface area contributed by atoms with Crippen molar-refractivity contribution in [3.8, 4) is 0 Å². The van der Waals surface area contributed by atoms with E-state index in [2.05, 4.69) is 50.4 Å². The van der Waals surface area contributed by atoms with E-state index in [1.165, 1.54) is 5.56 Å². The van der Waals surface area contributed by atoms with Crippen LogP contribution in [0.15, 0.2) is 30.3 Å². The maximum Gasteiger partial charge on any atom is 0.150 e. The third-order valence-corrected chi connectivity index (χ3v) is 6.59. The van der Waals surface area contributed by atoms with E-state index in [1.807, 2.05) is 6.07 Å². The minimum Gasteiger partial charge on any atom is -0.314 e. The highest BCUT2D eigenvalue weighted by Gasteiger charge is 2.44. The second kappa shape index (κ2) is 6.49. The molecule has 0 spiro atoms. The van der Waals surface area contributed by atoms with E-state index in [0.29, 0.717) is 17.5 Å². The van der Waals surface area contributed by atoms with Crippen molar-refractivity contribution in [1.29, 1.82) is 0 Å². The van der Waals surface area contributed by atoms with Crippen LogP contribution in [0.2, 0.25) is 0 Å². The molecule has 2 atom stereocenters. The fourth-order valence-electron chi connectivity index (χ4n) is 3.49. The van der Waals surface area contributed by atoms with E-state index in [-0.39, 0.29) is 11.3 Å². The van der Waals surface area contributed by atoms with Crippen molar-refractivity contribution in [3.05, 3.63) is 35.9 Å². The topological polar surface area (TPSA) is 46.2 Å². The summed E-state index contributed by atoms with van der Waals surface area (Å²) < 4.78 is 23.9. The summed E-state index contributed by atoms with van der Waals surface area (Å²) in [4.78, 5) is 0. The average molecular weight is 309 g/mol. The molecule has 118 valence electrons. The van der Waals surface area contributed by atoms with Crippen LogP contribution in [-0.4, -0.2) is 32.5 Å². The number of sulfone groups is 1. The highest BCUT2D eigenvalue weighted by molar-refractivity contribution is 7.91. The van der Waals surface area contributed by atoms with Gasteiger partial charge < -0.3 is 5.32 Å². The SMILES string of the molecule is CCC(CNC(C)C)(c1ccccc1)C1CCS(=O)(=O)C1. The average Bonchev–Trinajstić information content (AvgIpc) is 2.82. The molecule has 21 heavy (non-hydrogen) atoms. The summed E-state index contributed by atoms with van der Waals surface area (Å²) in [7, 11) is -2.86. The van der Waals surface area contributed by atoms with Crippen LogP contribution in [0.25, 0.3) is 0 Å². The predicted octanol–water partition coefficient (Wildman–Crippen LogP) is 2.77. The lowest BCUT2D eigenvalue weighted by atomic mass is 9.68. The van der Waals surface area contributed by atoms with Crippen molar-refractivity contribution >= 4 is 9.84 Å². The Morgan fingerprint density at radius 3 is 2.43 bits per heavy atom. The minimum absolute atomic E-state index is 0.0882. The lowest BCUT2D eigenvalue weighted by Crippen LogP contribution is -2.46. The van der Waals surface area contributed by atoms with Crippen LogP contribution >= 0.6 is 0 Å². The highest BCUT2D eigenvalue weighted by atomic mass is 32.2. The fraction of sp³-hybridized carbons (Fsp3) is 0.647. The molecule has 1 aliphatic heterocycles. The lowest BCUT2D eigenvalue weighted by Gasteiger charge is -2.39. The Balaban J connectivity index is 2.37. The second-order valence-electron chi connectivity index (χ2n) is 6.51. The van der Waals surface area contributed by atoms with Crippen LogP contribution in [0.1, 0.15) is 39.2 Å². The first-order valence-electron chi connectivity index (χ1n) is 7.89. The summed E-state index contributed by atoms with van der Waals surface area (Å²) in [5, 5.41) is 3.55. The Morgan fingerprint density at radius 2 is 1.95 bits per heavy atom. The number of benzene rings is 1. The Labute approximate surface area is 129 Å². The zero-order valence-corrected chi connectivity index (χ0v) is 14.1. The molecule has 4 heteroatoms. The number of hydrogen-bond donors (Lipinski definition) is 1. The standard InChI is InChI=1S/C17H27NO2S/c1-4-17(13-18-14(2)3,15-8-6-5-7-9-15)16-10-11-21(19,20)12-16/h5-9,14,16,18H,4,10-13H2,1-3H3. The molecule has 1 saturated heterocycles. The number of rotatable bonds is 6. The maximum absolute atomic E-state index is 12.0. The Bertz CT molecular complexity index is 553. The highest BCUT2D eigenvalue weighted by Crippen LogP contribution is 2.41. The van der Waals surface area contributed by atoms with Crippen LogP contribution in [0.4, 0.5) is 0 Å². The van der Waals surface area contributed by atoms with Crippen molar-refractivity contribution in [2.24, 2.45) is 5.92 Å². The Kier molecular flexibility index (Phi) is 5.10. The third kappa shape index (κ3) is 3.67. The van der Waals surface area contributed by atoms with Gasteiger partial charge in [-0.1, -0.05) is 51.1 Å². The van der Waals surface area contributed by atoms with Gasteiger partial charge in [0.15, 0.2) is 9.84 Å². The predicted molar refractivity (Wildman–Crippen MR) is 88.3 cm³/mol. The molecule has 0 amide bonds. The summed E-state index contributed by atoms with van der Waals surface area (Å²) >= 11 is 0. The van der Waals surface area contributed by atoms with Gasteiger partial charge in [-0.3, -0.25) is 0 Å². The molecule has 1 aromatic rings. The summed E-state index contributed by atoms with van der Waals surface area (Å²) in [6.45, 7) is 7.29. The number of hydrogen-bond acceptors (Lipinski definition) is 3. The van der Waals surface area contributed by atoms with Crippen LogP contribution in [-0.2, 0) is 15.3 Å². The van der Waals surface area contributed by atoms with Gasteiger partial charge in [-0.2, -0.15) is 0 Å². The van der Waals surface area contributed by atoms with Gasteiger partial charge >= 0.3 is 0 Å². The minimum atomic E-state index is -2.86. The molecule has 2 rings (SSSR count). The lowest BCUT2D eigenvalue weighted by molar-refractivity contribution is 0.260. The van der Waals surface area contributed by atoms with Crippen LogP contribution in [0.5, 0.6) is 0 Å². The van der Waals surface area contributed by atoms with Crippen molar-refractivity contribution in [3.63, 3.8) is 0 Å². The first-order chi connectivity index (χ1) is 9.89. The first kappa shape index (κ1) is 16.5. The van der Waals surface area contributed by atoms with E-state index in [9.17, 15) is 8.42 Å². The van der Waals surface area contributed by atoms with E-state index in [4.69, 9.17) is 0 Å². The molecule has 0 aromatic heterocycles. The molecular formula is C17H27NO2S. The second-order valence-corrected chi connectivity index (χ2v) is 8.74. The summed E-state index contributed by atoms with van der Waals surface area (Å²) in [5.41, 5.74) is 1.18. The fourth-order valence-corrected chi connectivity index (χ4v) is 5.40. The molecule has 1 aromatic carbocycles. The zero-order chi connectivity index (χ0) is 15.5. The van der Waals surface area contributed by atoms with Crippen LogP contribution < -0.4 is 5.32 Å². The monoisotopic (exact) mass is 309 g/mol. The van der Waals surface area contributed by atoms with E-state index >= 15 is 0 Å². The first-order valence-corrected chi connectivity index (χ1v) is 9.71. The summed E-state index contributed by atoms with van der Waals surface area (Å²) in [6.07, 6.45) is 1.74. The maximum atomic E-state index is 12.0. The van der Waals surface area contributed by atoms with Crippen molar-refractivity contribution in [1.82, 2.24) is 5.32 Å². The molecule has 2 unspecified atom stereocenters. The molecule has 1 fully saturated rings. The van der Waals surface area contributed by atoms with Crippen LogP contribution in [0.3, 0.4) is 0 Å². The Morgan fingerprint density at radius 1 is 1.29 bits per heavy atom. The molecule has 1 heterocycles. The normalized spacial score (nSPS) is 24.1. The zero-order valence-electron chi connectivity index (χ0n) is 13.3. The van der Waals surface area contributed by atoms with Gasteiger partial charge in [0, 0.05) is 18.0 Å². The van der Waals surface area contributed by atoms with Gasteiger partial charge in [-0.05, 0) is 24.3 Å². The van der Waals surface area contributed by atoms with Crippen molar-refractivity contribution in [2.75, 3.05) is 18.1 Å². The van der Waals surface area contributed by atoms with E-state index < -0.39 is 9.84 Å². The Hall–Kier alpha value is -0.870. The summed E-state index contributed by atoms with van der Waals surface area (Å²) in [5.74, 6) is 0.879.